The molecule has 0 bridgehead atoms. The minimum Gasteiger partial charge on any atom is -0.508 e. The molecular formula is C21H19NO8. The number of amides is 1. The number of carboxylic acid groups (broad SMARTS) is 1. The van der Waals surface area contributed by atoms with E-state index in [1.165, 1.54) is 0 Å². The van der Waals surface area contributed by atoms with E-state index in [1.807, 2.05) is 0 Å². The lowest BCUT2D eigenvalue weighted by molar-refractivity contribution is -0.140. The Morgan fingerprint density at radius 3 is 2.07 bits per heavy atom. The molecule has 0 aromatic heterocycles. The molecule has 30 heavy (non-hydrogen) atoms. The number of rotatable bonds is 5. The van der Waals surface area contributed by atoms with E-state index in [-0.39, 0.29) is 33.7 Å². The predicted molar refractivity (Wildman–Crippen MR) is 103 cm³/mol. The second-order valence-corrected chi connectivity index (χ2v) is 7.14. The number of carbonyl (C=O) groups excluding carboxylic acids is 3. The Labute approximate surface area is 170 Å². The molecule has 0 heterocycles. The first-order valence-corrected chi connectivity index (χ1v) is 9.12. The van der Waals surface area contributed by atoms with E-state index in [9.17, 15) is 39.6 Å². The Hall–Kier alpha value is -3.88. The van der Waals surface area contributed by atoms with Crippen LogP contribution in [0.5, 0.6) is 17.2 Å². The van der Waals surface area contributed by atoms with Gasteiger partial charge in [0.2, 0.25) is 5.78 Å². The van der Waals surface area contributed by atoms with Crippen molar-refractivity contribution in [2.24, 2.45) is 5.92 Å². The Bertz CT molecular complexity index is 1100. The fraction of sp³-hybridized carbons (Fsp3) is 0.238. The molecule has 0 radical (unpaired) electrons. The van der Waals surface area contributed by atoms with Gasteiger partial charge in [-0.05, 0) is 24.1 Å². The molecule has 0 saturated heterocycles. The highest BCUT2D eigenvalue weighted by Crippen LogP contribution is 2.39. The van der Waals surface area contributed by atoms with E-state index in [2.05, 4.69) is 5.32 Å². The van der Waals surface area contributed by atoms with Gasteiger partial charge in [0.15, 0.2) is 5.78 Å². The lowest BCUT2D eigenvalue weighted by atomic mass is 9.82. The van der Waals surface area contributed by atoms with E-state index < -0.39 is 46.7 Å². The highest BCUT2D eigenvalue weighted by Gasteiger charge is 2.36. The summed E-state index contributed by atoms with van der Waals surface area (Å²) >= 11 is 0. The summed E-state index contributed by atoms with van der Waals surface area (Å²) in [6, 6.07) is 2.74. The maximum Gasteiger partial charge on any atom is 0.326 e. The zero-order chi connectivity index (χ0) is 22.3. The van der Waals surface area contributed by atoms with Crippen LogP contribution in [0, 0.1) is 5.92 Å². The molecule has 1 unspecified atom stereocenters. The molecule has 1 aliphatic carbocycles. The normalized spacial score (nSPS) is 14.5. The van der Waals surface area contributed by atoms with Gasteiger partial charge in [-0.25, -0.2) is 4.79 Å². The zero-order valence-electron chi connectivity index (χ0n) is 16.1. The van der Waals surface area contributed by atoms with E-state index in [0.29, 0.717) is 6.42 Å². The molecule has 0 spiro atoms. The van der Waals surface area contributed by atoms with Gasteiger partial charge < -0.3 is 25.7 Å². The summed E-state index contributed by atoms with van der Waals surface area (Å²) < 4.78 is 0. The summed E-state index contributed by atoms with van der Waals surface area (Å²) in [5.74, 6) is -5.79. The molecular weight excluding hydrogens is 394 g/mol. The van der Waals surface area contributed by atoms with Crippen LogP contribution in [0.25, 0.3) is 0 Å². The fourth-order valence-electron chi connectivity index (χ4n) is 3.38. The molecule has 1 aliphatic rings. The number of fused-ring (bicyclic) bond motifs is 2. The van der Waals surface area contributed by atoms with Crippen LogP contribution in [0.4, 0.5) is 0 Å². The molecule has 2 aromatic rings. The van der Waals surface area contributed by atoms with Crippen LogP contribution in [0.1, 0.15) is 62.5 Å². The lowest BCUT2D eigenvalue weighted by Gasteiger charge is -2.22. The van der Waals surface area contributed by atoms with E-state index >= 15 is 0 Å². The van der Waals surface area contributed by atoms with Gasteiger partial charge >= 0.3 is 5.97 Å². The standard InChI is InChI=1S/C21H19NO8/c1-3-8(2)17(21(29)30)22-20(28)9-4-11-15(13(24)5-9)19(27)16-12(18(11)26)6-10(23)7-14(16)25/h4-8,17,23-25H,3H2,1-2H3,(H,22,28)(H,29,30)/t8?,17-/m0/s1. The van der Waals surface area contributed by atoms with Crippen LogP contribution in [-0.4, -0.2) is 49.9 Å². The molecule has 0 fully saturated rings. The smallest absolute Gasteiger partial charge is 0.326 e. The average Bonchev–Trinajstić information content (AvgIpc) is 2.67. The molecule has 0 saturated carbocycles. The summed E-state index contributed by atoms with van der Waals surface area (Å²) in [6.07, 6.45) is 0.490. The summed E-state index contributed by atoms with van der Waals surface area (Å²) in [5, 5.41) is 41.7. The Kier molecular flexibility index (Phi) is 5.22. The molecule has 156 valence electrons. The molecule has 9 heteroatoms. The first-order chi connectivity index (χ1) is 14.1. The highest BCUT2D eigenvalue weighted by molar-refractivity contribution is 6.30. The van der Waals surface area contributed by atoms with Gasteiger partial charge in [0.1, 0.15) is 23.3 Å². The van der Waals surface area contributed by atoms with Crippen LogP contribution in [0.15, 0.2) is 24.3 Å². The van der Waals surface area contributed by atoms with Crippen LogP contribution in [0.2, 0.25) is 0 Å². The van der Waals surface area contributed by atoms with Crippen molar-refractivity contribution in [2.75, 3.05) is 0 Å². The van der Waals surface area contributed by atoms with Crippen molar-refractivity contribution in [1.29, 1.82) is 0 Å². The van der Waals surface area contributed by atoms with Gasteiger partial charge in [-0.3, -0.25) is 14.4 Å². The second kappa shape index (κ2) is 7.51. The number of phenols is 3. The number of aromatic hydroxyl groups is 3. The quantitative estimate of drug-likeness (QED) is 0.423. The van der Waals surface area contributed by atoms with Gasteiger partial charge in [0.05, 0.1) is 11.1 Å². The molecule has 2 atom stereocenters. The minimum atomic E-state index is -1.23. The van der Waals surface area contributed by atoms with Crippen molar-refractivity contribution in [1.82, 2.24) is 5.32 Å². The first-order valence-electron chi connectivity index (χ1n) is 9.12. The average molecular weight is 413 g/mol. The van der Waals surface area contributed by atoms with Gasteiger partial charge in [-0.1, -0.05) is 20.3 Å². The molecule has 2 aromatic carbocycles. The van der Waals surface area contributed by atoms with Crippen molar-refractivity contribution in [3.8, 4) is 17.2 Å². The topological polar surface area (TPSA) is 161 Å². The zero-order valence-corrected chi connectivity index (χ0v) is 16.1. The third kappa shape index (κ3) is 3.34. The Morgan fingerprint density at radius 2 is 1.50 bits per heavy atom. The van der Waals surface area contributed by atoms with Gasteiger partial charge in [0.25, 0.3) is 5.91 Å². The summed E-state index contributed by atoms with van der Waals surface area (Å²) in [7, 11) is 0. The number of carboxylic acids is 1. The summed E-state index contributed by atoms with van der Waals surface area (Å²) in [5.41, 5.74) is -1.53. The second-order valence-electron chi connectivity index (χ2n) is 7.14. The molecule has 9 nitrogen and oxygen atoms in total. The monoisotopic (exact) mass is 413 g/mol. The number of nitrogens with one attached hydrogen (secondary N) is 1. The van der Waals surface area contributed by atoms with Crippen LogP contribution in [-0.2, 0) is 4.79 Å². The number of carbonyl (C=O) groups is 4. The van der Waals surface area contributed by atoms with Crippen molar-refractivity contribution in [3.05, 3.63) is 52.1 Å². The lowest BCUT2D eigenvalue weighted by Crippen LogP contribution is -2.45. The highest BCUT2D eigenvalue weighted by atomic mass is 16.4. The van der Waals surface area contributed by atoms with Crippen molar-refractivity contribution in [3.63, 3.8) is 0 Å². The number of ketones is 2. The van der Waals surface area contributed by atoms with E-state index in [0.717, 1.165) is 24.3 Å². The summed E-state index contributed by atoms with van der Waals surface area (Å²) in [6.45, 7) is 3.42. The van der Waals surface area contributed by atoms with Crippen molar-refractivity contribution < 1.29 is 39.6 Å². The van der Waals surface area contributed by atoms with Crippen LogP contribution >= 0.6 is 0 Å². The molecule has 5 N–H and O–H groups in total. The number of phenolic OH excluding ortho intramolecular Hbond substituents is 3. The maximum atomic E-state index is 12.9. The Balaban J connectivity index is 2.06. The Morgan fingerprint density at radius 1 is 0.933 bits per heavy atom. The van der Waals surface area contributed by atoms with Crippen molar-refractivity contribution >= 4 is 23.4 Å². The molecule has 0 aliphatic heterocycles. The number of hydrogen-bond donors (Lipinski definition) is 5. The molecule has 3 rings (SSSR count). The van der Waals surface area contributed by atoms with Crippen molar-refractivity contribution in [2.45, 2.75) is 26.3 Å². The number of aliphatic carboxylic acids is 1. The van der Waals surface area contributed by atoms with E-state index in [1.54, 1.807) is 13.8 Å². The van der Waals surface area contributed by atoms with Crippen LogP contribution in [0.3, 0.4) is 0 Å². The summed E-state index contributed by atoms with van der Waals surface area (Å²) in [4.78, 5) is 49.7. The molecule has 1 amide bonds. The van der Waals surface area contributed by atoms with Gasteiger partial charge in [0, 0.05) is 22.8 Å². The fourth-order valence-corrected chi connectivity index (χ4v) is 3.38. The number of hydrogen-bond acceptors (Lipinski definition) is 7. The first kappa shape index (κ1) is 20.8. The SMILES string of the molecule is CCC(C)[C@H](NC(=O)c1cc(O)c2c(c1)C(=O)c1cc(O)cc(O)c1C2=O)C(=O)O. The largest absolute Gasteiger partial charge is 0.508 e. The third-order valence-electron chi connectivity index (χ3n) is 5.19. The van der Waals surface area contributed by atoms with Gasteiger partial charge in [-0.2, -0.15) is 0 Å². The minimum absolute atomic E-state index is 0.213. The third-order valence-corrected chi connectivity index (χ3v) is 5.19. The maximum absolute atomic E-state index is 12.9. The predicted octanol–water partition coefficient (Wildman–Crippen LogP) is 1.81. The van der Waals surface area contributed by atoms with E-state index in [4.69, 9.17) is 0 Å². The van der Waals surface area contributed by atoms with Gasteiger partial charge in [-0.15, -0.1) is 0 Å². The number of benzene rings is 2. The van der Waals surface area contributed by atoms with Crippen LogP contribution < -0.4 is 5.32 Å².